The molecule has 3 aromatic rings. The number of hydrogen-bond acceptors (Lipinski definition) is 2. The summed E-state index contributed by atoms with van der Waals surface area (Å²) in [4.78, 5) is 0. The molecule has 0 fully saturated rings. The topological polar surface area (TPSA) is 40.5 Å². The molecule has 0 spiro atoms. The zero-order valence-corrected chi connectivity index (χ0v) is 17.4. The second kappa shape index (κ2) is 7.71. The minimum Gasteiger partial charge on any atom is -0.507 e. The molecule has 158 valence electrons. The largest absolute Gasteiger partial charge is 0.507 e. The smallest absolute Gasteiger partial charge is 0.406 e. The van der Waals surface area contributed by atoms with E-state index < -0.39 is 11.6 Å². The second-order valence-electron chi connectivity index (χ2n) is 7.73. The van der Waals surface area contributed by atoms with Gasteiger partial charge in [0.25, 0.3) is 0 Å². The third-order valence-electron chi connectivity index (χ3n) is 5.75. The van der Waals surface area contributed by atoms with Crippen LogP contribution >= 0.6 is 0 Å². The molecule has 0 aliphatic rings. The van der Waals surface area contributed by atoms with Gasteiger partial charge in [-0.15, -0.1) is 0 Å². The van der Waals surface area contributed by atoms with E-state index in [0.29, 0.717) is 28.7 Å². The fourth-order valence-electron chi connectivity index (χ4n) is 4.19. The number of halogens is 3. The van der Waals surface area contributed by atoms with E-state index in [0.717, 1.165) is 0 Å². The van der Waals surface area contributed by atoms with Crippen LogP contribution in [0.15, 0.2) is 54.6 Å². The van der Waals surface area contributed by atoms with E-state index in [2.05, 4.69) is 0 Å². The lowest BCUT2D eigenvalue weighted by Gasteiger charge is -2.38. The van der Waals surface area contributed by atoms with Crippen LogP contribution in [-0.4, -0.2) is 16.4 Å². The average Bonchev–Trinajstić information content (AvgIpc) is 2.68. The van der Waals surface area contributed by atoms with Crippen LogP contribution < -0.4 is 0 Å². The van der Waals surface area contributed by atoms with Gasteiger partial charge in [0.2, 0.25) is 0 Å². The summed E-state index contributed by atoms with van der Waals surface area (Å²) in [6.07, 6.45) is -4.28. The number of phenols is 2. The van der Waals surface area contributed by atoms with E-state index in [1.165, 1.54) is 36.4 Å². The second-order valence-corrected chi connectivity index (χ2v) is 7.73. The third kappa shape index (κ3) is 3.32. The predicted molar refractivity (Wildman–Crippen MR) is 112 cm³/mol. The van der Waals surface area contributed by atoms with Gasteiger partial charge in [0.15, 0.2) is 0 Å². The van der Waals surface area contributed by atoms with E-state index in [4.69, 9.17) is 0 Å². The van der Waals surface area contributed by atoms with Crippen molar-refractivity contribution in [1.29, 1.82) is 0 Å². The van der Waals surface area contributed by atoms with Gasteiger partial charge in [0, 0.05) is 0 Å². The molecule has 2 N–H and O–H groups in total. The van der Waals surface area contributed by atoms with Gasteiger partial charge in [0.05, 0.1) is 0 Å². The normalized spacial score (nSPS) is 13.8. The summed E-state index contributed by atoms with van der Waals surface area (Å²) in [6, 6.07) is 13.4. The predicted octanol–water partition coefficient (Wildman–Crippen LogP) is 6.48. The molecule has 3 aromatic carbocycles. The maximum absolute atomic E-state index is 15.1. The Morgan fingerprint density at radius 1 is 0.700 bits per heavy atom. The summed E-state index contributed by atoms with van der Waals surface area (Å²) in [6.45, 7) is 6.59. The molecule has 0 saturated carbocycles. The van der Waals surface area contributed by atoms with Crippen molar-refractivity contribution in [3.63, 3.8) is 0 Å². The summed E-state index contributed by atoms with van der Waals surface area (Å²) < 4.78 is 45.4. The Balaban J connectivity index is 2.54. The molecule has 0 radical (unpaired) electrons. The molecule has 1 unspecified atom stereocenters. The monoisotopic (exact) mass is 414 g/mol. The van der Waals surface area contributed by atoms with Gasteiger partial charge in [-0.2, -0.15) is 13.2 Å². The quantitative estimate of drug-likeness (QED) is 0.480. The molecule has 0 amide bonds. The summed E-state index contributed by atoms with van der Waals surface area (Å²) >= 11 is 0. The van der Waals surface area contributed by atoms with Crippen LogP contribution in [0.3, 0.4) is 0 Å². The van der Waals surface area contributed by atoms with E-state index in [1.54, 1.807) is 45.9 Å². The van der Waals surface area contributed by atoms with Gasteiger partial charge in [0.1, 0.15) is 16.9 Å². The first-order chi connectivity index (χ1) is 14.0. The van der Waals surface area contributed by atoms with Crippen molar-refractivity contribution in [2.45, 2.75) is 45.7 Å². The maximum atomic E-state index is 15.1. The summed E-state index contributed by atoms with van der Waals surface area (Å²) in [5.74, 6) is 0.00229. The highest BCUT2D eigenvalue weighted by atomic mass is 19.4. The molecule has 0 bridgehead atoms. The number of benzene rings is 3. The van der Waals surface area contributed by atoms with Crippen molar-refractivity contribution < 1.29 is 23.4 Å². The van der Waals surface area contributed by atoms with Gasteiger partial charge in [-0.1, -0.05) is 61.5 Å². The number of alkyl halides is 3. The van der Waals surface area contributed by atoms with Gasteiger partial charge in [-0.3, -0.25) is 0 Å². The zero-order chi connectivity index (χ0) is 22.3. The Bertz CT molecular complexity index is 1050. The summed E-state index contributed by atoms with van der Waals surface area (Å²) in [5, 5.41) is 20.5. The standard InChI is InChI=1S/C25H25F3O2/c1-5-18-14-21(13-17(4)23(18)30)24(25(26,27)28,19-9-7-6-8-10-19)20-11-15(2)22(29)16(3)12-20/h6-14,29-30H,5H2,1-4H3. The lowest BCUT2D eigenvalue weighted by molar-refractivity contribution is -0.166. The SMILES string of the molecule is CCc1cc(C(c2ccccc2)(c2cc(C)c(O)c(C)c2)C(F)(F)F)cc(C)c1O. The molecule has 0 aliphatic heterocycles. The number of hydrogen-bond donors (Lipinski definition) is 2. The summed E-state index contributed by atoms with van der Waals surface area (Å²) in [5.41, 5.74) is -0.711. The van der Waals surface area contributed by atoms with Crippen LogP contribution in [0.25, 0.3) is 0 Å². The van der Waals surface area contributed by atoms with Crippen LogP contribution in [0.2, 0.25) is 0 Å². The number of rotatable bonds is 4. The third-order valence-corrected chi connectivity index (χ3v) is 5.75. The first-order valence-electron chi connectivity index (χ1n) is 9.79. The Hall–Kier alpha value is -2.95. The highest BCUT2D eigenvalue weighted by molar-refractivity contribution is 5.59. The van der Waals surface area contributed by atoms with Crippen LogP contribution in [0.1, 0.15) is 45.9 Å². The number of aryl methyl sites for hydroxylation is 4. The minimum absolute atomic E-state index is 0.0148. The maximum Gasteiger partial charge on any atom is 0.406 e. The van der Waals surface area contributed by atoms with Crippen molar-refractivity contribution >= 4 is 0 Å². The number of aromatic hydroxyl groups is 2. The van der Waals surface area contributed by atoms with Gasteiger partial charge in [-0.05, 0) is 66.1 Å². The van der Waals surface area contributed by atoms with Crippen LogP contribution in [0, 0.1) is 20.8 Å². The molecular weight excluding hydrogens is 389 g/mol. The van der Waals surface area contributed by atoms with Crippen molar-refractivity contribution in [1.82, 2.24) is 0 Å². The molecule has 30 heavy (non-hydrogen) atoms. The first-order valence-corrected chi connectivity index (χ1v) is 9.79. The van der Waals surface area contributed by atoms with E-state index in [9.17, 15) is 10.2 Å². The molecule has 0 aliphatic carbocycles. The zero-order valence-electron chi connectivity index (χ0n) is 17.4. The Morgan fingerprint density at radius 2 is 1.17 bits per heavy atom. The van der Waals surface area contributed by atoms with E-state index >= 15 is 13.2 Å². The molecule has 5 heteroatoms. The first kappa shape index (κ1) is 21.8. The summed E-state index contributed by atoms with van der Waals surface area (Å²) in [7, 11) is 0. The fraction of sp³-hybridized carbons (Fsp3) is 0.280. The molecule has 0 aromatic heterocycles. The molecule has 3 rings (SSSR count). The molecular formula is C25H25F3O2. The van der Waals surface area contributed by atoms with Gasteiger partial charge < -0.3 is 10.2 Å². The molecule has 1 atom stereocenters. The highest BCUT2D eigenvalue weighted by Crippen LogP contribution is 2.53. The fourth-order valence-corrected chi connectivity index (χ4v) is 4.19. The average molecular weight is 414 g/mol. The van der Waals surface area contributed by atoms with Crippen molar-refractivity contribution in [2.24, 2.45) is 0 Å². The Morgan fingerprint density at radius 3 is 1.63 bits per heavy atom. The highest BCUT2D eigenvalue weighted by Gasteiger charge is 2.58. The van der Waals surface area contributed by atoms with E-state index in [-0.39, 0.29) is 28.2 Å². The van der Waals surface area contributed by atoms with E-state index in [1.807, 2.05) is 0 Å². The lowest BCUT2D eigenvalue weighted by Crippen LogP contribution is -2.44. The number of phenolic OH excluding ortho intramolecular Hbond substituents is 2. The Labute approximate surface area is 174 Å². The Kier molecular flexibility index (Phi) is 5.59. The van der Waals surface area contributed by atoms with Crippen LogP contribution in [-0.2, 0) is 11.8 Å². The van der Waals surface area contributed by atoms with Gasteiger partial charge >= 0.3 is 6.18 Å². The molecule has 0 saturated heterocycles. The lowest BCUT2D eigenvalue weighted by atomic mass is 9.67. The minimum atomic E-state index is -4.68. The van der Waals surface area contributed by atoms with Crippen LogP contribution in [0.4, 0.5) is 13.2 Å². The van der Waals surface area contributed by atoms with Crippen molar-refractivity contribution in [2.75, 3.05) is 0 Å². The molecule has 0 heterocycles. The van der Waals surface area contributed by atoms with Gasteiger partial charge in [-0.25, -0.2) is 0 Å². The van der Waals surface area contributed by atoms with Crippen molar-refractivity contribution in [3.8, 4) is 11.5 Å². The molecule has 2 nitrogen and oxygen atoms in total. The van der Waals surface area contributed by atoms with Crippen molar-refractivity contribution in [3.05, 3.63) is 93.5 Å². The van der Waals surface area contributed by atoms with Crippen LogP contribution in [0.5, 0.6) is 11.5 Å².